The van der Waals surface area contributed by atoms with Gasteiger partial charge in [-0.2, -0.15) is 0 Å². The molecule has 1 aromatic carbocycles. The molecule has 0 saturated heterocycles. The first-order valence-electron chi connectivity index (χ1n) is 6.87. The zero-order valence-electron chi connectivity index (χ0n) is 11.8. The summed E-state index contributed by atoms with van der Waals surface area (Å²) in [5.74, 6) is 0.128. The molecule has 0 unspecified atom stereocenters. The highest BCUT2D eigenvalue weighted by Crippen LogP contribution is 2.38. The Balaban J connectivity index is 2.21. The molecule has 21 heavy (non-hydrogen) atoms. The normalized spacial score (nSPS) is 17.7. The molecule has 0 radical (unpaired) electrons. The first kappa shape index (κ1) is 13.9. The number of fused-ring (bicyclic) bond motifs is 1. The van der Waals surface area contributed by atoms with Crippen LogP contribution in [-0.2, 0) is 4.79 Å². The lowest BCUT2D eigenvalue weighted by Crippen LogP contribution is -2.27. The highest BCUT2D eigenvalue weighted by atomic mass is 35.5. The Bertz CT molecular complexity index is 761. The van der Waals surface area contributed by atoms with E-state index in [1.165, 1.54) is 0 Å². The van der Waals surface area contributed by atoms with Crippen molar-refractivity contribution in [3.8, 4) is 0 Å². The summed E-state index contributed by atoms with van der Waals surface area (Å²) in [5.41, 5.74) is 1.21. The van der Waals surface area contributed by atoms with Gasteiger partial charge in [0.05, 0.1) is 5.56 Å². The van der Waals surface area contributed by atoms with Crippen LogP contribution in [-0.4, -0.2) is 15.7 Å². The monoisotopic (exact) mass is 305 g/mol. The van der Waals surface area contributed by atoms with Crippen LogP contribution in [0.5, 0.6) is 0 Å². The van der Waals surface area contributed by atoms with Crippen LogP contribution >= 0.6 is 11.6 Å². The molecule has 0 aliphatic carbocycles. The molecule has 0 spiro atoms. The number of aromatic nitrogens is 2. The van der Waals surface area contributed by atoms with Crippen molar-refractivity contribution in [3.05, 3.63) is 50.8 Å². The molecule has 1 aliphatic heterocycles. The first-order valence-corrected chi connectivity index (χ1v) is 7.25. The zero-order chi connectivity index (χ0) is 15.1. The third-order valence-corrected chi connectivity index (χ3v) is 4.10. The summed E-state index contributed by atoms with van der Waals surface area (Å²) in [7, 11) is 0. The zero-order valence-corrected chi connectivity index (χ0v) is 12.6. The molecule has 1 atom stereocenters. The molecular weight excluding hydrogens is 290 g/mol. The average Bonchev–Trinajstić information content (AvgIpc) is 2.76. The van der Waals surface area contributed by atoms with Crippen molar-refractivity contribution in [2.75, 3.05) is 5.32 Å². The van der Waals surface area contributed by atoms with Crippen LogP contribution in [0.2, 0.25) is 5.02 Å². The first-order chi connectivity index (χ1) is 9.99. The highest BCUT2D eigenvalue weighted by molar-refractivity contribution is 6.31. The van der Waals surface area contributed by atoms with Gasteiger partial charge in [-0.15, -0.1) is 0 Å². The number of halogens is 1. The molecule has 3 rings (SSSR count). The number of nitrogens with one attached hydrogen (secondary N) is 2. The van der Waals surface area contributed by atoms with Crippen LogP contribution in [0, 0.1) is 0 Å². The van der Waals surface area contributed by atoms with E-state index in [4.69, 9.17) is 11.6 Å². The lowest BCUT2D eigenvalue weighted by Gasteiger charge is -2.24. The fourth-order valence-electron chi connectivity index (χ4n) is 2.79. The summed E-state index contributed by atoms with van der Waals surface area (Å²) in [6.07, 6.45) is 0.224. The minimum absolute atomic E-state index is 0.0479. The Labute approximate surface area is 126 Å². The van der Waals surface area contributed by atoms with E-state index in [0.717, 1.165) is 5.56 Å². The molecule has 1 aliphatic rings. The summed E-state index contributed by atoms with van der Waals surface area (Å²) in [4.78, 5) is 24.3. The number of rotatable bonds is 2. The Morgan fingerprint density at radius 2 is 2.00 bits per heavy atom. The summed E-state index contributed by atoms with van der Waals surface area (Å²) in [6, 6.07) is 7.38. The fraction of sp³-hybridized carbons (Fsp3) is 0.333. The molecule has 0 bridgehead atoms. The summed E-state index contributed by atoms with van der Waals surface area (Å²) in [6.45, 7) is 3.89. The Morgan fingerprint density at radius 3 is 2.67 bits per heavy atom. The lowest BCUT2D eigenvalue weighted by atomic mass is 9.87. The van der Waals surface area contributed by atoms with Crippen LogP contribution < -0.4 is 10.9 Å². The summed E-state index contributed by atoms with van der Waals surface area (Å²) in [5, 5.41) is 6.17. The fourth-order valence-corrected chi connectivity index (χ4v) is 3.06. The quantitative estimate of drug-likeness (QED) is 0.896. The van der Waals surface area contributed by atoms with Gasteiger partial charge in [0.15, 0.2) is 0 Å². The van der Waals surface area contributed by atoms with E-state index in [1.807, 2.05) is 32.0 Å². The maximum absolute atomic E-state index is 12.3. The van der Waals surface area contributed by atoms with Gasteiger partial charge in [-0.3, -0.25) is 19.4 Å². The Hall–Kier alpha value is -2.01. The number of aromatic amines is 1. The maximum atomic E-state index is 12.3. The van der Waals surface area contributed by atoms with Gasteiger partial charge < -0.3 is 5.32 Å². The summed E-state index contributed by atoms with van der Waals surface area (Å²) < 4.78 is 1.69. The largest absolute Gasteiger partial charge is 0.311 e. The van der Waals surface area contributed by atoms with Gasteiger partial charge in [0, 0.05) is 23.4 Å². The summed E-state index contributed by atoms with van der Waals surface area (Å²) >= 11 is 6.24. The molecule has 0 saturated carbocycles. The van der Waals surface area contributed by atoms with E-state index in [9.17, 15) is 9.59 Å². The van der Waals surface area contributed by atoms with Crippen LogP contribution in [0.15, 0.2) is 29.1 Å². The number of anilines is 1. The van der Waals surface area contributed by atoms with Crippen molar-refractivity contribution < 1.29 is 4.79 Å². The number of benzene rings is 1. The number of amides is 1. The lowest BCUT2D eigenvalue weighted by molar-refractivity contribution is -0.116. The predicted molar refractivity (Wildman–Crippen MR) is 82.0 cm³/mol. The standard InChI is InChI=1S/C15H16ClN3O2/c1-8(2)19-14-13(15(21)18-19)10(7-12(20)17-14)9-5-3-4-6-11(9)16/h3-6,8,10H,7H2,1-2H3,(H,17,20)(H,18,21)/t10-/m0/s1. The molecule has 2 aromatic rings. The van der Waals surface area contributed by atoms with Crippen molar-refractivity contribution in [2.45, 2.75) is 32.2 Å². The molecular formula is C15H16ClN3O2. The van der Waals surface area contributed by atoms with E-state index >= 15 is 0 Å². The second kappa shape index (κ2) is 5.07. The second-order valence-corrected chi connectivity index (χ2v) is 5.90. The maximum Gasteiger partial charge on any atom is 0.270 e. The molecule has 6 heteroatoms. The van der Waals surface area contributed by atoms with E-state index < -0.39 is 0 Å². The second-order valence-electron chi connectivity index (χ2n) is 5.49. The van der Waals surface area contributed by atoms with Crippen molar-refractivity contribution in [1.29, 1.82) is 0 Å². The van der Waals surface area contributed by atoms with E-state index in [-0.39, 0.29) is 29.8 Å². The number of hydrogen-bond donors (Lipinski definition) is 2. The molecule has 110 valence electrons. The van der Waals surface area contributed by atoms with Crippen molar-refractivity contribution in [3.63, 3.8) is 0 Å². The number of H-pyrrole nitrogens is 1. The van der Waals surface area contributed by atoms with Crippen LogP contribution in [0.1, 0.15) is 43.4 Å². The van der Waals surface area contributed by atoms with Crippen molar-refractivity contribution in [2.24, 2.45) is 0 Å². The molecule has 1 aromatic heterocycles. The molecule has 2 heterocycles. The third kappa shape index (κ3) is 2.27. The molecule has 1 amide bonds. The predicted octanol–water partition coefficient (Wildman–Crippen LogP) is 2.88. The Morgan fingerprint density at radius 1 is 1.29 bits per heavy atom. The molecule has 2 N–H and O–H groups in total. The molecule has 0 fully saturated rings. The number of nitrogens with zero attached hydrogens (tertiary/aromatic N) is 1. The third-order valence-electron chi connectivity index (χ3n) is 3.76. The minimum atomic E-state index is -0.314. The number of carbonyl (C=O) groups is 1. The van der Waals surface area contributed by atoms with Crippen molar-refractivity contribution >= 4 is 23.3 Å². The van der Waals surface area contributed by atoms with Crippen LogP contribution in [0.3, 0.4) is 0 Å². The SMILES string of the molecule is CC(C)n1[nH]c(=O)c2c1NC(=O)C[C@H]2c1ccccc1Cl. The van der Waals surface area contributed by atoms with E-state index in [0.29, 0.717) is 16.4 Å². The number of hydrogen-bond acceptors (Lipinski definition) is 2. The number of carbonyl (C=O) groups excluding carboxylic acids is 1. The van der Waals surface area contributed by atoms with E-state index in [2.05, 4.69) is 10.4 Å². The van der Waals surface area contributed by atoms with Gasteiger partial charge >= 0.3 is 0 Å². The van der Waals surface area contributed by atoms with Gasteiger partial charge in [-0.25, -0.2) is 0 Å². The van der Waals surface area contributed by atoms with Crippen LogP contribution in [0.4, 0.5) is 5.82 Å². The van der Waals surface area contributed by atoms with Gasteiger partial charge in [0.1, 0.15) is 5.82 Å². The minimum Gasteiger partial charge on any atom is -0.311 e. The highest BCUT2D eigenvalue weighted by Gasteiger charge is 2.33. The average molecular weight is 306 g/mol. The van der Waals surface area contributed by atoms with Gasteiger partial charge in [-0.05, 0) is 25.5 Å². The van der Waals surface area contributed by atoms with Crippen molar-refractivity contribution in [1.82, 2.24) is 9.78 Å². The Kier molecular flexibility index (Phi) is 3.37. The van der Waals surface area contributed by atoms with Gasteiger partial charge in [0.2, 0.25) is 5.91 Å². The van der Waals surface area contributed by atoms with Gasteiger partial charge in [0.25, 0.3) is 5.56 Å². The van der Waals surface area contributed by atoms with Crippen LogP contribution in [0.25, 0.3) is 0 Å². The molecule has 5 nitrogen and oxygen atoms in total. The van der Waals surface area contributed by atoms with Gasteiger partial charge in [-0.1, -0.05) is 29.8 Å². The smallest absolute Gasteiger partial charge is 0.270 e. The van der Waals surface area contributed by atoms with E-state index in [1.54, 1.807) is 10.7 Å². The topological polar surface area (TPSA) is 66.9 Å².